The van der Waals surface area contributed by atoms with Crippen molar-refractivity contribution in [3.63, 3.8) is 0 Å². The van der Waals surface area contributed by atoms with E-state index < -0.39 is 0 Å². The van der Waals surface area contributed by atoms with Crippen molar-refractivity contribution < 1.29 is 9.53 Å². The normalized spacial score (nSPS) is 12.5. The average molecular weight is 304 g/mol. The van der Waals surface area contributed by atoms with Gasteiger partial charge in [-0.05, 0) is 48.3 Å². The second-order valence-electron chi connectivity index (χ2n) is 6.68. The van der Waals surface area contributed by atoms with Gasteiger partial charge in [-0.3, -0.25) is 4.79 Å². The molecular weight excluding hydrogens is 272 g/mol. The van der Waals surface area contributed by atoms with Crippen molar-refractivity contribution in [1.82, 2.24) is 0 Å². The molecule has 0 aliphatic rings. The summed E-state index contributed by atoms with van der Waals surface area (Å²) in [5.41, 5.74) is 2.59. The maximum absolute atomic E-state index is 11.8. The van der Waals surface area contributed by atoms with E-state index in [2.05, 4.69) is 52.8 Å². The van der Waals surface area contributed by atoms with E-state index in [1.165, 1.54) is 11.1 Å². The molecule has 0 fully saturated rings. The van der Waals surface area contributed by atoms with Crippen LogP contribution in [-0.2, 0) is 11.2 Å². The van der Waals surface area contributed by atoms with E-state index in [1.54, 1.807) is 0 Å². The molecular formula is C20H32O2. The van der Waals surface area contributed by atoms with Crippen molar-refractivity contribution in [2.45, 2.75) is 72.6 Å². The second-order valence-corrected chi connectivity index (χ2v) is 6.68. The third kappa shape index (κ3) is 6.21. The SMILES string of the molecule is CCCOc1ccc(CC(C)CC(=O)CCC)cc1C(C)C. The molecule has 2 heteroatoms. The fourth-order valence-corrected chi connectivity index (χ4v) is 2.76. The lowest BCUT2D eigenvalue weighted by atomic mass is 9.92. The highest BCUT2D eigenvalue weighted by Gasteiger charge is 2.13. The van der Waals surface area contributed by atoms with Gasteiger partial charge in [0.1, 0.15) is 11.5 Å². The Morgan fingerprint density at radius 2 is 1.86 bits per heavy atom. The number of carbonyl (C=O) groups is 1. The van der Waals surface area contributed by atoms with Gasteiger partial charge < -0.3 is 4.74 Å². The first kappa shape index (κ1) is 18.7. The van der Waals surface area contributed by atoms with Crippen LogP contribution >= 0.6 is 0 Å². The zero-order valence-electron chi connectivity index (χ0n) is 14.9. The summed E-state index contributed by atoms with van der Waals surface area (Å²) in [7, 11) is 0. The van der Waals surface area contributed by atoms with Gasteiger partial charge in [-0.15, -0.1) is 0 Å². The molecule has 124 valence electrons. The van der Waals surface area contributed by atoms with E-state index in [0.717, 1.165) is 31.6 Å². The van der Waals surface area contributed by atoms with E-state index in [0.29, 0.717) is 30.5 Å². The van der Waals surface area contributed by atoms with E-state index in [9.17, 15) is 4.79 Å². The van der Waals surface area contributed by atoms with E-state index in [1.807, 2.05) is 0 Å². The van der Waals surface area contributed by atoms with Crippen molar-refractivity contribution in [1.29, 1.82) is 0 Å². The quantitative estimate of drug-likeness (QED) is 0.567. The van der Waals surface area contributed by atoms with Crippen molar-refractivity contribution in [2.75, 3.05) is 6.61 Å². The predicted octanol–water partition coefficient (Wildman–Crippen LogP) is 5.54. The Kier molecular flexibility index (Phi) is 8.22. The smallest absolute Gasteiger partial charge is 0.133 e. The van der Waals surface area contributed by atoms with Gasteiger partial charge >= 0.3 is 0 Å². The van der Waals surface area contributed by atoms with Gasteiger partial charge in [0.25, 0.3) is 0 Å². The maximum atomic E-state index is 11.8. The number of ketones is 1. The summed E-state index contributed by atoms with van der Waals surface area (Å²) in [4.78, 5) is 11.8. The van der Waals surface area contributed by atoms with Gasteiger partial charge in [0.2, 0.25) is 0 Å². The molecule has 0 radical (unpaired) electrons. The molecule has 0 amide bonds. The minimum Gasteiger partial charge on any atom is -0.493 e. The molecule has 0 heterocycles. The van der Waals surface area contributed by atoms with Gasteiger partial charge in [-0.2, -0.15) is 0 Å². The summed E-state index contributed by atoms with van der Waals surface area (Å²) < 4.78 is 5.85. The molecule has 1 aromatic rings. The van der Waals surface area contributed by atoms with Crippen molar-refractivity contribution in [2.24, 2.45) is 5.92 Å². The third-order valence-electron chi connectivity index (χ3n) is 3.85. The van der Waals surface area contributed by atoms with Crippen LogP contribution in [0.25, 0.3) is 0 Å². The summed E-state index contributed by atoms with van der Waals surface area (Å²) in [5, 5.41) is 0. The van der Waals surface area contributed by atoms with Crippen LogP contribution in [0.3, 0.4) is 0 Å². The highest BCUT2D eigenvalue weighted by atomic mass is 16.5. The first-order chi connectivity index (χ1) is 10.5. The molecule has 1 rings (SSSR count). The van der Waals surface area contributed by atoms with Crippen LogP contribution in [0.4, 0.5) is 0 Å². The Balaban J connectivity index is 2.75. The first-order valence-electron chi connectivity index (χ1n) is 8.75. The van der Waals surface area contributed by atoms with Crippen LogP contribution in [0, 0.1) is 5.92 Å². The topological polar surface area (TPSA) is 26.3 Å². The molecule has 1 aromatic carbocycles. The fourth-order valence-electron chi connectivity index (χ4n) is 2.76. The summed E-state index contributed by atoms with van der Waals surface area (Å²) in [6.45, 7) is 11.5. The summed E-state index contributed by atoms with van der Waals surface area (Å²) in [6, 6.07) is 6.51. The van der Waals surface area contributed by atoms with Crippen LogP contribution in [0.2, 0.25) is 0 Å². The number of rotatable bonds is 10. The molecule has 0 saturated carbocycles. The van der Waals surface area contributed by atoms with Gasteiger partial charge in [-0.1, -0.05) is 46.8 Å². The minimum absolute atomic E-state index is 0.391. The number of benzene rings is 1. The number of hydrogen-bond donors (Lipinski definition) is 0. The Labute approximate surface area is 136 Å². The average Bonchev–Trinajstić information content (AvgIpc) is 2.45. The first-order valence-corrected chi connectivity index (χ1v) is 8.75. The van der Waals surface area contributed by atoms with Gasteiger partial charge in [0, 0.05) is 12.8 Å². The Bertz CT molecular complexity index is 463. The lowest BCUT2D eigenvalue weighted by Gasteiger charge is -2.17. The van der Waals surface area contributed by atoms with E-state index >= 15 is 0 Å². The zero-order chi connectivity index (χ0) is 16.5. The molecule has 0 aromatic heterocycles. The van der Waals surface area contributed by atoms with Crippen molar-refractivity contribution in [3.8, 4) is 5.75 Å². The van der Waals surface area contributed by atoms with E-state index in [-0.39, 0.29) is 0 Å². The minimum atomic E-state index is 0.391. The van der Waals surface area contributed by atoms with Crippen molar-refractivity contribution in [3.05, 3.63) is 29.3 Å². The summed E-state index contributed by atoms with van der Waals surface area (Å²) in [5.74, 6) is 2.25. The van der Waals surface area contributed by atoms with Crippen LogP contribution in [0.1, 0.15) is 77.3 Å². The highest BCUT2D eigenvalue weighted by molar-refractivity contribution is 5.78. The molecule has 0 aliphatic carbocycles. The van der Waals surface area contributed by atoms with Gasteiger partial charge in [0.15, 0.2) is 0 Å². The predicted molar refractivity (Wildman–Crippen MR) is 93.7 cm³/mol. The molecule has 0 N–H and O–H groups in total. The number of Topliss-reactive ketones (excluding diaryl/α,β-unsaturated/α-hetero) is 1. The molecule has 0 aliphatic heterocycles. The van der Waals surface area contributed by atoms with Gasteiger partial charge in [0.05, 0.1) is 6.61 Å². The zero-order valence-corrected chi connectivity index (χ0v) is 14.9. The van der Waals surface area contributed by atoms with Gasteiger partial charge in [-0.25, -0.2) is 0 Å². The monoisotopic (exact) mass is 304 g/mol. The fraction of sp³-hybridized carbons (Fsp3) is 0.650. The molecule has 1 atom stereocenters. The lowest BCUT2D eigenvalue weighted by molar-refractivity contribution is -0.119. The summed E-state index contributed by atoms with van der Waals surface area (Å²) >= 11 is 0. The van der Waals surface area contributed by atoms with E-state index in [4.69, 9.17) is 4.74 Å². The third-order valence-corrected chi connectivity index (χ3v) is 3.85. The number of hydrogen-bond acceptors (Lipinski definition) is 2. The van der Waals surface area contributed by atoms with Crippen LogP contribution in [-0.4, -0.2) is 12.4 Å². The lowest BCUT2D eigenvalue weighted by Crippen LogP contribution is -2.08. The molecule has 22 heavy (non-hydrogen) atoms. The molecule has 0 spiro atoms. The second kappa shape index (κ2) is 9.66. The number of carbonyl (C=O) groups excluding carboxylic acids is 1. The molecule has 0 saturated heterocycles. The summed E-state index contributed by atoms with van der Waals surface area (Å²) in [6.07, 6.45) is 4.34. The number of ether oxygens (including phenoxy) is 1. The van der Waals surface area contributed by atoms with Crippen molar-refractivity contribution >= 4 is 5.78 Å². The largest absolute Gasteiger partial charge is 0.493 e. The van der Waals surface area contributed by atoms with Crippen LogP contribution in [0.15, 0.2) is 18.2 Å². The Morgan fingerprint density at radius 1 is 1.14 bits per heavy atom. The maximum Gasteiger partial charge on any atom is 0.133 e. The molecule has 2 nitrogen and oxygen atoms in total. The Hall–Kier alpha value is -1.31. The molecule has 1 unspecified atom stereocenters. The van der Waals surface area contributed by atoms with Crippen LogP contribution in [0.5, 0.6) is 5.75 Å². The molecule has 0 bridgehead atoms. The standard InChI is InChI=1S/C20H32O2/c1-6-8-18(21)13-16(5)12-17-9-10-20(22-11-7-2)19(14-17)15(3)4/h9-10,14-16H,6-8,11-13H2,1-5H3. The highest BCUT2D eigenvalue weighted by Crippen LogP contribution is 2.29. The van der Waals surface area contributed by atoms with Crippen LogP contribution < -0.4 is 4.74 Å². The Morgan fingerprint density at radius 3 is 2.45 bits per heavy atom.